The molecule has 102 valence electrons. The molecule has 0 atom stereocenters. The Bertz CT molecular complexity index is 396. The third kappa shape index (κ3) is 3.62. The molecule has 1 rings (SSSR count). The van der Waals surface area contributed by atoms with Crippen molar-refractivity contribution in [2.75, 3.05) is 6.61 Å². The molecular weight excluding hydrogens is 248 g/mol. The van der Waals surface area contributed by atoms with E-state index in [1.165, 1.54) is 6.07 Å². The van der Waals surface area contributed by atoms with E-state index in [4.69, 9.17) is 4.74 Å². The summed E-state index contributed by atoms with van der Waals surface area (Å²) >= 11 is 0. The van der Waals surface area contributed by atoms with Crippen molar-refractivity contribution >= 4 is 0 Å². The zero-order valence-corrected chi connectivity index (χ0v) is 10.5. The first kappa shape index (κ1) is 14.8. The quantitative estimate of drug-likeness (QED) is 0.738. The molecule has 0 N–H and O–H groups in total. The molecule has 1 aromatic carbocycles. The van der Waals surface area contributed by atoms with Gasteiger partial charge in [0.15, 0.2) is 6.61 Å². The van der Waals surface area contributed by atoms with Gasteiger partial charge in [-0.25, -0.2) is 8.78 Å². The molecule has 5 heteroatoms. The highest BCUT2D eigenvalue weighted by molar-refractivity contribution is 5.38. The first-order valence-electron chi connectivity index (χ1n) is 5.53. The lowest BCUT2D eigenvalue weighted by Crippen LogP contribution is -2.34. The minimum absolute atomic E-state index is 0.213. The van der Waals surface area contributed by atoms with Crippen LogP contribution < -0.4 is 4.74 Å². The van der Waals surface area contributed by atoms with E-state index in [9.17, 15) is 17.6 Å². The van der Waals surface area contributed by atoms with Crippen LogP contribution in [-0.2, 0) is 5.41 Å². The predicted octanol–water partition coefficient (Wildman–Crippen LogP) is 4.26. The summed E-state index contributed by atoms with van der Waals surface area (Å²) in [5, 5.41) is 0. The van der Waals surface area contributed by atoms with E-state index in [1.54, 1.807) is 18.2 Å². The Kier molecular flexibility index (Phi) is 4.24. The molecule has 1 aromatic rings. The zero-order valence-electron chi connectivity index (χ0n) is 10.5. The molecule has 0 aliphatic carbocycles. The average molecular weight is 264 g/mol. The number of hydrogen-bond acceptors (Lipinski definition) is 1. The van der Waals surface area contributed by atoms with E-state index in [0.717, 1.165) is 0 Å². The van der Waals surface area contributed by atoms with Crippen LogP contribution in [0.4, 0.5) is 17.6 Å². The highest BCUT2D eigenvalue weighted by Gasteiger charge is 2.42. The van der Waals surface area contributed by atoms with Crippen LogP contribution in [0.1, 0.15) is 26.3 Å². The van der Waals surface area contributed by atoms with E-state index >= 15 is 0 Å². The minimum Gasteiger partial charge on any atom is -0.487 e. The number of benzene rings is 1. The highest BCUT2D eigenvalue weighted by atomic mass is 19.3. The fourth-order valence-electron chi connectivity index (χ4n) is 1.45. The standard InChI is InChI=1S/C13H16F4O/c1-12(2,3)9-6-4-5-7-10(9)18-8-13(16,17)11(14)15/h4-7,11H,8H2,1-3H3. The molecule has 0 aliphatic heterocycles. The van der Waals surface area contributed by atoms with Crippen LogP contribution in [0.3, 0.4) is 0 Å². The van der Waals surface area contributed by atoms with Crippen molar-refractivity contribution in [2.24, 2.45) is 0 Å². The molecular formula is C13H16F4O. The lowest BCUT2D eigenvalue weighted by atomic mass is 9.86. The van der Waals surface area contributed by atoms with Crippen LogP contribution >= 0.6 is 0 Å². The molecule has 18 heavy (non-hydrogen) atoms. The molecule has 0 heterocycles. The van der Waals surface area contributed by atoms with Gasteiger partial charge in [0.25, 0.3) is 0 Å². The summed E-state index contributed by atoms with van der Waals surface area (Å²) in [7, 11) is 0. The molecule has 0 bridgehead atoms. The SMILES string of the molecule is CC(C)(C)c1ccccc1OCC(F)(F)C(F)F. The van der Waals surface area contributed by atoms with E-state index in [1.807, 2.05) is 20.8 Å². The third-order valence-corrected chi connectivity index (χ3v) is 2.43. The summed E-state index contributed by atoms with van der Waals surface area (Å²) in [6, 6.07) is 6.60. The summed E-state index contributed by atoms with van der Waals surface area (Å²) in [5.41, 5.74) is 0.395. The Morgan fingerprint density at radius 2 is 1.67 bits per heavy atom. The van der Waals surface area contributed by atoms with Crippen LogP contribution in [0.25, 0.3) is 0 Å². The van der Waals surface area contributed by atoms with Crippen molar-refractivity contribution in [3.05, 3.63) is 29.8 Å². The Hall–Kier alpha value is -1.26. The van der Waals surface area contributed by atoms with E-state index in [0.29, 0.717) is 5.56 Å². The Morgan fingerprint density at radius 3 is 2.17 bits per heavy atom. The van der Waals surface area contributed by atoms with Crippen molar-refractivity contribution in [1.29, 1.82) is 0 Å². The van der Waals surface area contributed by atoms with Gasteiger partial charge in [-0.1, -0.05) is 39.0 Å². The summed E-state index contributed by atoms with van der Waals surface area (Å²) in [6.07, 6.45) is -3.72. The number of ether oxygens (including phenoxy) is 1. The van der Waals surface area contributed by atoms with Crippen LogP contribution in [0.2, 0.25) is 0 Å². The molecule has 0 aliphatic rings. The molecule has 0 saturated heterocycles. The van der Waals surface area contributed by atoms with E-state index < -0.39 is 19.0 Å². The molecule has 0 radical (unpaired) electrons. The van der Waals surface area contributed by atoms with Gasteiger partial charge < -0.3 is 4.74 Å². The second-order valence-electron chi connectivity index (χ2n) is 5.10. The number of hydrogen-bond donors (Lipinski definition) is 0. The molecule has 0 amide bonds. The second kappa shape index (κ2) is 5.16. The topological polar surface area (TPSA) is 9.23 Å². The van der Waals surface area contributed by atoms with Gasteiger partial charge in [-0.2, -0.15) is 8.78 Å². The molecule has 0 spiro atoms. The van der Waals surface area contributed by atoms with Crippen molar-refractivity contribution < 1.29 is 22.3 Å². The van der Waals surface area contributed by atoms with E-state index in [-0.39, 0.29) is 11.2 Å². The lowest BCUT2D eigenvalue weighted by molar-refractivity contribution is -0.148. The number of rotatable bonds is 4. The zero-order chi connectivity index (χ0) is 14.0. The summed E-state index contributed by atoms with van der Waals surface area (Å²) in [5.74, 6) is -3.92. The first-order valence-corrected chi connectivity index (χ1v) is 5.53. The highest BCUT2D eigenvalue weighted by Crippen LogP contribution is 2.32. The molecule has 0 aromatic heterocycles. The van der Waals surface area contributed by atoms with Crippen LogP contribution in [0.15, 0.2) is 24.3 Å². The molecule has 0 fully saturated rings. The monoisotopic (exact) mass is 264 g/mol. The number of alkyl halides is 4. The van der Waals surface area contributed by atoms with Crippen LogP contribution in [0, 0.1) is 0 Å². The van der Waals surface area contributed by atoms with Crippen molar-refractivity contribution in [3.8, 4) is 5.75 Å². The summed E-state index contributed by atoms with van der Waals surface area (Å²) in [6.45, 7) is 4.35. The second-order valence-corrected chi connectivity index (χ2v) is 5.10. The van der Waals surface area contributed by atoms with Gasteiger partial charge in [-0.05, 0) is 17.0 Å². The van der Waals surface area contributed by atoms with Crippen LogP contribution in [0.5, 0.6) is 5.75 Å². The normalized spacial score (nSPS) is 12.9. The van der Waals surface area contributed by atoms with Crippen molar-refractivity contribution in [1.82, 2.24) is 0 Å². The van der Waals surface area contributed by atoms with Gasteiger partial charge in [0.2, 0.25) is 0 Å². The summed E-state index contributed by atoms with van der Waals surface area (Å²) < 4.78 is 54.5. The van der Waals surface area contributed by atoms with Gasteiger partial charge >= 0.3 is 12.3 Å². The maximum absolute atomic E-state index is 12.8. The average Bonchev–Trinajstić information content (AvgIpc) is 2.25. The number of halogens is 4. The summed E-state index contributed by atoms with van der Waals surface area (Å²) in [4.78, 5) is 0. The largest absolute Gasteiger partial charge is 0.487 e. The number of para-hydroxylation sites is 1. The van der Waals surface area contributed by atoms with E-state index in [2.05, 4.69) is 0 Å². The maximum Gasteiger partial charge on any atom is 0.340 e. The van der Waals surface area contributed by atoms with Gasteiger partial charge in [-0.15, -0.1) is 0 Å². The maximum atomic E-state index is 12.8. The van der Waals surface area contributed by atoms with Gasteiger partial charge in [0.1, 0.15) is 5.75 Å². The fraction of sp³-hybridized carbons (Fsp3) is 0.538. The van der Waals surface area contributed by atoms with Crippen molar-refractivity contribution in [2.45, 2.75) is 38.5 Å². The fourth-order valence-corrected chi connectivity index (χ4v) is 1.45. The first-order chi connectivity index (χ1) is 8.14. The lowest BCUT2D eigenvalue weighted by Gasteiger charge is -2.24. The predicted molar refractivity (Wildman–Crippen MR) is 61.6 cm³/mol. The van der Waals surface area contributed by atoms with Gasteiger partial charge in [0, 0.05) is 0 Å². The molecule has 0 unspecified atom stereocenters. The Balaban J connectivity index is 2.86. The van der Waals surface area contributed by atoms with Gasteiger partial charge in [0.05, 0.1) is 0 Å². The smallest absolute Gasteiger partial charge is 0.340 e. The van der Waals surface area contributed by atoms with Crippen molar-refractivity contribution in [3.63, 3.8) is 0 Å². The molecule has 0 saturated carbocycles. The molecule has 1 nitrogen and oxygen atoms in total. The van der Waals surface area contributed by atoms with Crippen LogP contribution in [-0.4, -0.2) is 19.0 Å². The minimum atomic E-state index is -4.13. The third-order valence-electron chi connectivity index (χ3n) is 2.43. The Morgan fingerprint density at radius 1 is 1.11 bits per heavy atom. The Labute approximate surface area is 104 Å². The van der Waals surface area contributed by atoms with Gasteiger partial charge in [-0.3, -0.25) is 0 Å².